The van der Waals surface area contributed by atoms with Crippen LogP contribution in [0.1, 0.15) is 20.3 Å². The van der Waals surface area contributed by atoms with Gasteiger partial charge in [0, 0.05) is 6.92 Å². The van der Waals surface area contributed by atoms with Gasteiger partial charge in [-0.25, -0.2) is 0 Å². The van der Waals surface area contributed by atoms with Gasteiger partial charge in [-0.2, -0.15) is 0 Å². The number of hydrogen-bond donors (Lipinski definition) is 0. The zero-order valence-corrected chi connectivity index (χ0v) is 7.86. The van der Waals surface area contributed by atoms with Crippen molar-refractivity contribution in [1.29, 1.82) is 0 Å². The van der Waals surface area contributed by atoms with E-state index >= 15 is 0 Å². The summed E-state index contributed by atoms with van der Waals surface area (Å²) in [4.78, 5) is 10.8. The summed E-state index contributed by atoms with van der Waals surface area (Å²) in [5, 5.41) is 0. The van der Waals surface area contributed by atoms with Gasteiger partial charge in [-0.15, -0.1) is 0 Å². The highest BCUT2D eigenvalue weighted by molar-refractivity contribution is 5.66. The van der Waals surface area contributed by atoms with Gasteiger partial charge in [0.1, 0.15) is 6.10 Å². The predicted octanol–water partition coefficient (Wildman–Crippen LogP) is 0.699. The van der Waals surface area contributed by atoms with E-state index in [0.29, 0.717) is 6.61 Å². The Morgan fingerprint density at radius 3 is 3.00 bits per heavy atom. The smallest absolute Gasteiger partial charge is 0.303 e. The highest BCUT2D eigenvalue weighted by Crippen LogP contribution is 2.36. The van der Waals surface area contributed by atoms with Gasteiger partial charge in [0.25, 0.3) is 0 Å². The van der Waals surface area contributed by atoms with E-state index in [4.69, 9.17) is 14.2 Å². The Bertz CT molecular complexity index is 216. The van der Waals surface area contributed by atoms with Gasteiger partial charge in [0.2, 0.25) is 0 Å². The maximum Gasteiger partial charge on any atom is 0.303 e. The van der Waals surface area contributed by atoms with E-state index in [1.54, 1.807) is 0 Å². The van der Waals surface area contributed by atoms with Crippen molar-refractivity contribution in [3.05, 3.63) is 0 Å². The van der Waals surface area contributed by atoms with E-state index in [0.717, 1.165) is 6.42 Å². The summed E-state index contributed by atoms with van der Waals surface area (Å²) in [5.74, 6) is -0.00750. The maximum atomic E-state index is 10.8. The second kappa shape index (κ2) is 3.27. The molecule has 0 aromatic heterocycles. The Morgan fingerprint density at radius 1 is 1.54 bits per heavy atom. The topological polar surface area (TPSA) is 44.8 Å². The fraction of sp³-hybridized carbons (Fsp3) is 0.889. The summed E-state index contributed by atoms with van der Waals surface area (Å²) in [6.07, 6.45) is 0.607. The van der Waals surface area contributed by atoms with Crippen molar-refractivity contribution >= 4 is 5.97 Å². The minimum absolute atomic E-state index is 0.0424. The number of fused-ring (bicyclic) bond motifs is 1. The fourth-order valence-corrected chi connectivity index (χ4v) is 2.05. The van der Waals surface area contributed by atoms with Crippen LogP contribution in [0.15, 0.2) is 0 Å². The Balaban J connectivity index is 2.03. The number of ether oxygens (including phenoxy) is 3. The molecule has 4 nitrogen and oxygen atoms in total. The molecule has 0 radical (unpaired) electrons. The van der Waals surface area contributed by atoms with Crippen molar-refractivity contribution in [1.82, 2.24) is 0 Å². The molecule has 13 heavy (non-hydrogen) atoms. The van der Waals surface area contributed by atoms with Crippen LogP contribution >= 0.6 is 0 Å². The van der Waals surface area contributed by atoms with Crippen molar-refractivity contribution in [2.45, 2.75) is 38.8 Å². The highest BCUT2D eigenvalue weighted by Gasteiger charge is 2.47. The summed E-state index contributed by atoms with van der Waals surface area (Å²) in [5.41, 5.74) is 0. The third-order valence-corrected chi connectivity index (χ3v) is 2.62. The van der Waals surface area contributed by atoms with Crippen molar-refractivity contribution in [2.24, 2.45) is 5.92 Å². The molecule has 2 aliphatic heterocycles. The van der Waals surface area contributed by atoms with Crippen LogP contribution < -0.4 is 0 Å². The summed E-state index contributed by atoms with van der Waals surface area (Å²) < 4.78 is 16.0. The van der Waals surface area contributed by atoms with Gasteiger partial charge in [0.15, 0.2) is 6.29 Å². The van der Waals surface area contributed by atoms with Crippen LogP contribution in [0.25, 0.3) is 0 Å². The SMILES string of the molecule is CC(=O)O[C@@H]1[C@@H]2CCO[C@@H]2O[C@H]1C. The molecule has 0 bridgehead atoms. The molecule has 2 fully saturated rings. The standard InChI is InChI=1S/C9H14O4/c1-5-8(13-6(2)10)7-3-4-11-9(7)12-5/h5,7-9H,3-4H2,1-2H3/t5-,7-,8-,9+/m0/s1. The van der Waals surface area contributed by atoms with E-state index in [1.165, 1.54) is 6.92 Å². The van der Waals surface area contributed by atoms with E-state index in [9.17, 15) is 4.79 Å². The van der Waals surface area contributed by atoms with Crippen LogP contribution in [0.4, 0.5) is 0 Å². The third-order valence-electron chi connectivity index (χ3n) is 2.62. The molecule has 4 heteroatoms. The number of carbonyl (C=O) groups excluding carboxylic acids is 1. The maximum absolute atomic E-state index is 10.8. The van der Waals surface area contributed by atoms with Crippen LogP contribution in [-0.2, 0) is 19.0 Å². The van der Waals surface area contributed by atoms with E-state index in [-0.39, 0.29) is 30.4 Å². The summed E-state index contributed by atoms with van der Waals surface area (Å²) >= 11 is 0. The zero-order valence-electron chi connectivity index (χ0n) is 7.86. The predicted molar refractivity (Wildman–Crippen MR) is 43.9 cm³/mol. The largest absolute Gasteiger partial charge is 0.459 e. The molecule has 0 amide bonds. The van der Waals surface area contributed by atoms with Gasteiger partial charge >= 0.3 is 5.97 Å². The molecule has 2 heterocycles. The molecule has 74 valence electrons. The Kier molecular flexibility index (Phi) is 2.26. The first kappa shape index (κ1) is 8.97. The normalized spacial score (nSPS) is 43.2. The second-order valence-corrected chi connectivity index (χ2v) is 3.61. The van der Waals surface area contributed by atoms with Crippen molar-refractivity contribution in [3.63, 3.8) is 0 Å². The van der Waals surface area contributed by atoms with E-state index < -0.39 is 0 Å². The monoisotopic (exact) mass is 186 g/mol. The highest BCUT2D eigenvalue weighted by atomic mass is 16.7. The first-order valence-corrected chi connectivity index (χ1v) is 4.63. The third kappa shape index (κ3) is 1.56. The average molecular weight is 186 g/mol. The second-order valence-electron chi connectivity index (χ2n) is 3.61. The van der Waals surface area contributed by atoms with Gasteiger partial charge < -0.3 is 14.2 Å². The van der Waals surface area contributed by atoms with Crippen LogP contribution in [0, 0.1) is 5.92 Å². The first-order chi connectivity index (χ1) is 6.18. The number of esters is 1. The first-order valence-electron chi connectivity index (χ1n) is 4.63. The molecular formula is C9H14O4. The summed E-state index contributed by atoms with van der Waals surface area (Å²) in [6, 6.07) is 0. The van der Waals surface area contributed by atoms with Crippen LogP contribution in [0.5, 0.6) is 0 Å². The molecule has 2 rings (SSSR count). The summed E-state index contributed by atoms with van der Waals surface area (Å²) in [7, 11) is 0. The Labute approximate surface area is 77.1 Å². The zero-order chi connectivity index (χ0) is 9.42. The lowest BCUT2D eigenvalue weighted by Gasteiger charge is -2.17. The quantitative estimate of drug-likeness (QED) is 0.565. The lowest BCUT2D eigenvalue weighted by atomic mass is 10.00. The van der Waals surface area contributed by atoms with E-state index in [1.807, 2.05) is 6.92 Å². The number of hydrogen-bond acceptors (Lipinski definition) is 4. The minimum Gasteiger partial charge on any atom is -0.459 e. The Hall–Kier alpha value is -0.610. The molecular weight excluding hydrogens is 172 g/mol. The lowest BCUT2D eigenvalue weighted by molar-refractivity contribution is -0.151. The van der Waals surface area contributed by atoms with Gasteiger partial charge in [0.05, 0.1) is 18.6 Å². The molecule has 0 spiro atoms. The van der Waals surface area contributed by atoms with E-state index in [2.05, 4.69) is 0 Å². The molecule has 2 aliphatic rings. The number of rotatable bonds is 1. The van der Waals surface area contributed by atoms with Crippen LogP contribution in [0.2, 0.25) is 0 Å². The molecule has 0 saturated carbocycles. The molecule has 0 aliphatic carbocycles. The molecule has 0 aromatic carbocycles. The molecule has 4 atom stereocenters. The fourth-order valence-electron chi connectivity index (χ4n) is 2.05. The average Bonchev–Trinajstić information content (AvgIpc) is 2.55. The van der Waals surface area contributed by atoms with Crippen molar-refractivity contribution in [3.8, 4) is 0 Å². The van der Waals surface area contributed by atoms with Gasteiger partial charge in [-0.05, 0) is 13.3 Å². The van der Waals surface area contributed by atoms with Crippen LogP contribution in [0.3, 0.4) is 0 Å². The minimum atomic E-state index is -0.243. The van der Waals surface area contributed by atoms with Crippen molar-refractivity contribution < 1.29 is 19.0 Å². The van der Waals surface area contributed by atoms with Gasteiger partial charge in [-0.1, -0.05) is 0 Å². The molecule has 0 unspecified atom stereocenters. The van der Waals surface area contributed by atoms with Gasteiger partial charge in [-0.3, -0.25) is 4.79 Å². The summed E-state index contributed by atoms with van der Waals surface area (Å²) in [6.45, 7) is 4.05. The molecule has 0 N–H and O–H groups in total. The number of carbonyl (C=O) groups is 1. The lowest BCUT2D eigenvalue weighted by Crippen LogP contribution is -2.29. The Morgan fingerprint density at radius 2 is 2.31 bits per heavy atom. The van der Waals surface area contributed by atoms with Crippen LogP contribution in [-0.4, -0.2) is 31.1 Å². The van der Waals surface area contributed by atoms with Crippen molar-refractivity contribution in [2.75, 3.05) is 6.61 Å². The molecule has 2 saturated heterocycles. The molecule has 0 aromatic rings.